The summed E-state index contributed by atoms with van der Waals surface area (Å²) in [5.74, 6) is 0. The molecule has 0 spiro atoms. The lowest BCUT2D eigenvalue weighted by atomic mass is 10.1. The molecule has 156 valence electrons. The van der Waals surface area contributed by atoms with E-state index in [1.165, 1.54) is 11.9 Å². The number of hydrogen-bond donors (Lipinski definition) is 2. The van der Waals surface area contributed by atoms with Crippen LogP contribution in [-0.2, 0) is 0 Å². The van der Waals surface area contributed by atoms with E-state index in [-0.39, 0.29) is 18.2 Å². The van der Waals surface area contributed by atoms with Crippen molar-refractivity contribution in [1.29, 1.82) is 0 Å². The maximum Gasteiger partial charge on any atom is 0.319 e. The van der Waals surface area contributed by atoms with E-state index in [2.05, 4.69) is 27.8 Å². The number of benzene rings is 2. The van der Waals surface area contributed by atoms with Crippen molar-refractivity contribution in [1.82, 2.24) is 14.5 Å². The Morgan fingerprint density at radius 2 is 1.93 bits per heavy atom. The fraction of sp³-hybridized carbons (Fsp3) is 0.476. The normalized spacial score (nSPS) is 18.2. The van der Waals surface area contributed by atoms with Gasteiger partial charge in [-0.1, -0.05) is 6.07 Å². The summed E-state index contributed by atoms with van der Waals surface area (Å²) in [6.45, 7) is 2.58. The van der Waals surface area contributed by atoms with Gasteiger partial charge in [0.15, 0.2) is 0 Å². The summed E-state index contributed by atoms with van der Waals surface area (Å²) < 4.78 is 16.5. The van der Waals surface area contributed by atoms with Crippen molar-refractivity contribution in [2.24, 2.45) is 0 Å². The zero-order valence-electron chi connectivity index (χ0n) is 16.9. The number of nitrogens with one attached hydrogen (secondary N) is 1. The number of nitrogen functional groups attached to an aromatic ring is 1. The van der Waals surface area contributed by atoms with Crippen LogP contribution in [0.3, 0.4) is 0 Å². The quantitative estimate of drug-likeness (QED) is 0.577. The molecule has 1 saturated heterocycles. The van der Waals surface area contributed by atoms with E-state index in [1.807, 2.05) is 17.0 Å². The molecule has 0 radical (unpaired) electrons. The van der Waals surface area contributed by atoms with Gasteiger partial charge in [0.1, 0.15) is 6.67 Å². The van der Waals surface area contributed by atoms with Crippen LogP contribution in [0.25, 0.3) is 10.8 Å². The standard InChI is InChI=1S/C21H28FN5OS/c1-25(2)20(28)27-9-7-26(8-10-27)19-13-17(29-24-21(14-22)5-6-21)12-15-11-16(23)3-4-18(15)19/h3-4,11-13,24H,5-10,14,23H2,1-2H3. The summed E-state index contributed by atoms with van der Waals surface area (Å²) in [6, 6.07) is 10.3. The van der Waals surface area contributed by atoms with Crippen molar-refractivity contribution >= 4 is 40.1 Å². The molecule has 1 heterocycles. The number of nitrogens with two attached hydrogens (primary N) is 1. The highest BCUT2D eigenvalue weighted by Crippen LogP contribution is 2.40. The average Bonchev–Trinajstić information content (AvgIpc) is 3.51. The van der Waals surface area contributed by atoms with Gasteiger partial charge >= 0.3 is 6.03 Å². The van der Waals surface area contributed by atoms with Crippen LogP contribution in [0.5, 0.6) is 0 Å². The van der Waals surface area contributed by atoms with E-state index >= 15 is 0 Å². The lowest BCUT2D eigenvalue weighted by molar-refractivity contribution is 0.168. The number of rotatable bonds is 5. The summed E-state index contributed by atoms with van der Waals surface area (Å²) >= 11 is 1.49. The largest absolute Gasteiger partial charge is 0.399 e. The molecular formula is C21H28FN5OS. The minimum atomic E-state index is -0.354. The number of urea groups is 1. The Morgan fingerprint density at radius 1 is 1.21 bits per heavy atom. The molecule has 0 unspecified atom stereocenters. The monoisotopic (exact) mass is 417 g/mol. The first kappa shape index (κ1) is 20.1. The highest BCUT2D eigenvalue weighted by Gasteiger charge is 2.42. The fourth-order valence-corrected chi connectivity index (χ4v) is 4.61. The molecule has 29 heavy (non-hydrogen) atoms. The number of alkyl halides is 1. The van der Waals surface area contributed by atoms with Crippen molar-refractivity contribution in [2.75, 3.05) is 57.6 Å². The van der Waals surface area contributed by atoms with Gasteiger partial charge in [-0.2, -0.15) is 0 Å². The predicted molar refractivity (Wildman–Crippen MR) is 118 cm³/mol. The van der Waals surface area contributed by atoms with Crippen LogP contribution in [-0.4, -0.2) is 68.3 Å². The first-order valence-corrected chi connectivity index (χ1v) is 10.8. The van der Waals surface area contributed by atoms with Gasteiger partial charge in [-0.3, -0.25) is 4.72 Å². The lowest BCUT2D eigenvalue weighted by Gasteiger charge is -2.37. The highest BCUT2D eigenvalue weighted by molar-refractivity contribution is 7.97. The number of piperazine rings is 1. The third-order valence-corrected chi connectivity index (χ3v) is 6.70. The van der Waals surface area contributed by atoms with E-state index in [0.29, 0.717) is 13.1 Å². The van der Waals surface area contributed by atoms with Crippen LogP contribution in [0, 0.1) is 0 Å². The number of carbonyl (C=O) groups is 1. The second-order valence-corrected chi connectivity index (χ2v) is 9.07. The molecule has 2 fully saturated rings. The summed E-state index contributed by atoms with van der Waals surface area (Å²) in [5.41, 5.74) is 7.53. The van der Waals surface area contributed by atoms with Gasteiger partial charge in [0.05, 0.1) is 5.54 Å². The van der Waals surface area contributed by atoms with Crippen molar-refractivity contribution in [3.8, 4) is 0 Å². The zero-order valence-corrected chi connectivity index (χ0v) is 17.8. The van der Waals surface area contributed by atoms with Gasteiger partial charge < -0.3 is 20.4 Å². The topological polar surface area (TPSA) is 64.8 Å². The van der Waals surface area contributed by atoms with Crippen molar-refractivity contribution in [3.05, 3.63) is 30.3 Å². The minimum absolute atomic E-state index is 0.0525. The SMILES string of the molecule is CN(C)C(=O)N1CCN(c2cc(SNC3(CF)CC3)cc3cc(N)ccc23)CC1. The number of nitrogens with zero attached hydrogens (tertiary/aromatic N) is 3. The molecule has 2 aromatic carbocycles. The molecule has 2 amide bonds. The van der Waals surface area contributed by atoms with Crippen LogP contribution >= 0.6 is 11.9 Å². The van der Waals surface area contributed by atoms with Crippen LogP contribution in [0.15, 0.2) is 35.2 Å². The van der Waals surface area contributed by atoms with Crippen molar-refractivity contribution in [2.45, 2.75) is 23.3 Å². The molecule has 2 aromatic rings. The Hall–Kier alpha value is -2.19. The van der Waals surface area contributed by atoms with Gasteiger partial charge in [0, 0.05) is 61.9 Å². The number of amides is 2. The second kappa shape index (κ2) is 7.91. The first-order valence-electron chi connectivity index (χ1n) is 9.95. The molecule has 0 atom stereocenters. The average molecular weight is 418 g/mol. The Balaban J connectivity index is 1.58. The summed E-state index contributed by atoms with van der Waals surface area (Å²) in [7, 11) is 3.56. The van der Waals surface area contributed by atoms with E-state index in [1.54, 1.807) is 19.0 Å². The fourth-order valence-electron chi connectivity index (χ4n) is 3.66. The molecule has 6 nitrogen and oxygen atoms in total. The molecule has 1 saturated carbocycles. The highest BCUT2D eigenvalue weighted by atomic mass is 32.2. The molecule has 0 aromatic heterocycles. The summed E-state index contributed by atoms with van der Waals surface area (Å²) in [4.78, 5) is 19.1. The molecule has 3 N–H and O–H groups in total. The molecular weight excluding hydrogens is 389 g/mol. The third-order valence-electron chi connectivity index (χ3n) is 5.70. The van der Waals surface area contributed by atoms with E-state index in [9.17, 15) is 9.18 Å². The number of halogens is 1. The maximum absolute atomic E-state index is 13.2. The van der Waals surface area contributed by atoms with Gasteiger partial charge in [-0.05, 0) is 54.4 Å². The lowest BCUT2D eigenvalue weighted by Crippen LogP contribution is -2.51. The van der Waals surface area contributed by atoms with Crippen LogP contribution in [0.1, 0.15) is 12.8 Å². The molecule has 4 rings (SSSR count). The third kappa shape index (κ3) is 4.23. The van der Waals surface area contributed by atoms with Crippen molar-refractivity contribution in [3.63, 3.8) is 0 Å². The number of carbonyl (C=O) groups excluding carboxylic acids is 1. The van der Waals surface area contributed by atoms with Crippen LogP contribution in [0.2, 0.25) is 0 Å². The Kier molecular flexibility index (Phi) is 5.48. The van der Waals surface area contributed by atoms with E-state index in [0.717, 1.165) is 53.0 Å². The number of hydrogen-bond acceptors (Lipinski definition) is 5. The van der Waals surface area contributed by atoms with Crippen LogP contribution in [0.4, 0.5) is 20.6 Å². The van der Waals surface area contributed by atoms with Gasteiger partial charge in [0.25, 0.3) is 0 Å². The zero-order chi connectivity index (χ0) is 20.6. The number of fused-ring (bicyclic) bond motifs is 1. The van der Waals surface area contributed by atoms with Gasteiger partial charge in [-0.25, -0.2) is 9.18 Å². The molecule has 0 bridgehead atoms. The minimum Gasteiger partial charge on any atom is -0.399 e. The van der Waals surface area contributed by atoms with Gasteiger partial charge in [0.2, 0.25) is 0 Å². The molecule has 2 aliphatic rings. The second-order valence-electron chi connectivity index (χ2n) is 8.19. The smallest absolute Gasteiger partial charge is 0.319 e. The first-order chi connectivity index (χ1) is 13.9. The van der Waals surface area contributed by atoms with E-state index in [4.69, 9.17) is 5.73 Å². The number of anilines is 2. The van der Waals surface area contributed by atoms with E-state index < -0.39 is 0 Å². The predicted octanol–water partition coefficient (Wildman–Crippen LogP) is 3.32. The Bertz CT molecular complexity index is 909. The maximum atomic E-state index is 13.2. The molecule has 1 aliphatic carbocycles. The molecule has 8 heteroatoms. The Labute approximate surface area is 175 Å². The summed E-state index contributed by atoms with van der Waals surface area (Å²) in [5, 5.41) is 2.21. The Morgan fingerprint density at radius 3 is 2.55 bits per heavy atom. The van der Waals surface area contributed by atoms with Gasteiger partial charge in [-0.15, -0.1) is 0 Å². The molecule has 1 aliphatic heterocycles. The van der Waals surface area contributed by atoms with Crippen molar-refractivity contribution < 1.29 is 9.18 Å². The summed E-state index contributed by atoms with van der Waals surface area (Å²) in [6.07, 6.45) is 1.76. The van der Waals surface area contributed by atoms with Crippen LogP contribution < -0.4 is 15.4 Å².